The number of phenolic OH excluding ortho intramolecular Hbond substituents is 1. The van der Waals surface area contributed by atoms with Crippen molar-refractivity contribution in [3.05, 3.63) is 120 Å². The lowest BCUT2D eigenvalue weighted by molar-refractivity contribution is 0.206. The minimum atomic E-state index is -0.133. The molecule has 4 aromatic carbocycles. The molecular formula is C33H35ClN4O2. The van der Waals surface area contributed by atoms with Gasteiger partial charge in [0.15, 0.2) is 0 Å². The number of benzene rings is 4. The van der Waals surface area contributed by atoms with Crippen molar-refractivity contribution in [2.24, 2.45) is 10.8 Å². The number of para-hydroxylation sites is 1. The first-order chi connectivity index (χ1) is 19.1. The van der Waals surface area contributed by atoms with E-state index in [1.54, 1.807) is 17.1 Å². The molecule has 0 aromatic heterocycles. The van der Waals surface area contributed by atoms with Crippen LogP contribution in [0.3, 0.4) is 0 Å². The van der Waals surface area contributed by atoms with Crippen LogP contribution >= 0.6 is 12.4 Å². The number of hydrogen-bond acceptors (Lipinski definition) is 4. The van der Waals surface area contributed by atoms with Crippen molar-refractivity contribution in [1.29, 1.82) is 0 Å². The Morgan fingerprint density at radius 2 is 1.38 bits per heavy atom. The number of fused-ring (bicyclic) bond motifs is 1. The van der Waals surface area contributed by atoms with Crippen LogP contribution in [0.15, 0.2) is 108 Å². The Balaban J connectivity index is 0.00000370. The molecule has 0 saturated heterocycles. The Kier molecular flexibility index (Phi) is 9.95. The summed E-state index contributed by atoms with van der Waals surface area (Å²) in [6, 6.07) is 33.8. The highest BCUT2D eigenvalue weighted by molar-refractivity contribution is 6.10. The highest BCUT2D eigenvalue weighted by Crippen LogP contribution is 2.30. The number of carbonyl (C=O) groups is 1. The standard InChI is InChI=1S/C33H34N4O2.ClH/c34-22-6-7-23-37-33(39)36(24-26-12-17-28(18-13-26)27-8-2-1-3-9-27)32-11-5-4-10-30(32)31(35-37)21-16-25-14-19-29(38)20-15-25;/h1-5,8-15,17-20,38H,6-7,16,21-24,34H2;1H. The second-order valence-corrected chi connectivity index (χ2v) is 9.78. The molecule has 1 aliphatic heterocycles. The lowest BCUT2D eigenvalue weighted by Gasteiger charge is -2.27. The molecule has 206 valence electrons. The van der Waals surface area contributed by atoms with Crippen molar-refractivity contribution in [2.75, 3.05) is 18.0 Å². The minimum absolute atomic E-state index is 0. The third-order valence-corrected chi connectivity index (χ3v) is 7.01. The van der Waals surface area contributed by atoms with E-state index in [0.29, 0.717) is 26.1 Å². The van der Waals surface area contributed by atoms with Crippen LogP contribution in [0.2, 0.25) is 0 Å². The SMILES string of the molecule is Cl.NCCCCN1N=C(CCc2ccc(O)cc2)c2ccccc2N(Cc2ccc(-c3ccccc3)cc2)C1=O. The summed E-state index contributed by atoms with van der Waals surface area (Å²) < 4.78 is 0. The van der Waals surface area contributed by atoms with Crippen molar-refractivity contribution in [3.8, 4) is 16.9 Å². The predicted molar refractivity (Wildman–Crippen MR) is 165 cm³/mol. The maximum Gasteiger partial charge on any atom is 0.345 e. The maximum absolute atomic E-state index is 13.9. The number of hydrazone groups is 1. The molecule has 6 nitrogen and oxygen atoms in total. The van der Waals surface area contributed by atoms with E-state index in [0.717, 1.165) is 58.5 Å². The average molecular weight is 555 g/mol. The van der Waals surface area contributed by atoms with Gasteiger partial charge in [-0.15, -0.1) is 12.4 Å². The molecule has 1 aliphatic rings. The molecule has 0 saturated carbocycles. The zero-order valence-corrected chi connectivity index (χ0v) is 23.3. The third kappa shape index (κ3) is 6.89. The van der Waals surface area contributed by atoms with Crippen molar-refractivity contribution >= 4 is 29.8 Å². The molecule has 1 heterocycles. The molecule has 0 bridgehead atoms. The van der Waals surface area contributed by atoms with Crippen LogP contribution in [0.5, 0.6) is 5.75 Å². The Hall–Kier alpha value is -4.13. The molecular weight excluding hydrogens is 520 g/mol. The van der Waals surface area contributed by atoms with E-state index in [9.17, 15) is 9.90 Å². The van der Waals surface area contributed by atoms with E-state index in [1.165, 1.54) is 0 Å². The Bertz CT molecular complexity index is 1420. The van der Waals surface area contributed by atoms with Crippen molar-refractivity contribution in [1.82, 2.24) is 5.01 Å². The van der Waals surface area contributed by atoms with Crippen LogP contribution in [-0.2, 0) is 13.0 Å². The van der Waals surface area contributed by atoms with Crippen LogP contribution in [0.1, 0.15) is 36.0 Å². The highest BCUT2D eigenvalue weighted by atomic mass is 35.5. The van der Waals surface area contributed by atoms with Gasteiger partial charge in [0, 0.05) is 12.1 Å². The summed E-state index contributed by atoms with van der Waals surface area (Å²) in [4.78, 5) is 15.8. The number of halogens is 1. The third-order valence-electron chi connectivity index (χ3n) is 7.01. The van der Waals surface area contributed by atoms with Gasteiger partial charge in [0.2, 0.25) is 0 Å². The Morgan fingerprint density at radius 3 is 2.10 bits per heavy atom. The fourth-order valence-electron chi connectivity index (χ4n) is 4.87. The lowest BCUT2D eigenvalue weighted by Crippen LogP contribution is -2.40. The monoisotopic (exact) mass is 554 g/mol. The second-order valence-electron chi connectivity index (χ2n) is 9.78. The van der Waals surface area contributed by atoms with Gasteiger partial charge in [0.25, 0.3) is 0 Å². The van der Waals surface area contributed by atoms with Gasteiger partial charge in [-0.1, -0.05) is 84.9 Å². The maximum atomic E-state index is 13.9. The molecule has 3 N–H and O–H groups in total. The summed E-state index contributed by atoms with van der Waals surface area (Å²) in [5, 5.41) is 16.2. The summed E-state index contributed by atoms with van der Waals surface area (Å²) in [5.41, 5.74) is 12.9. The van der Waals surface area contributed by atoms with Gasteiger partial charge in [0.05, 0.1) is 17.9 Å². The Morgan fingerprint density at radius 1 is 0.725 bits per heavy atom. The summed E-state index contributed by atoms with van der Waals surface area (Å²) >= 11 is 0. The molecule has 40 heavy (non-hydrogen) atoms. The normalized spacial score (nSPS) is 12.8. The van der Waals surface area contributed by atoms with E-state index in [4.69, 9.17) is 10.8 Å². The molecule has 0 radical (unpaired) electrons. The number of anilines is 1. The molecule has 5 rings (SSSR count). The quantitative estimate of drug-likeness (QED) is 0.207. The number of nitrogens with two attached hydrogens (primary N) is 1. The number of unbranched alkanes of at least 4 members (excludes halogenated alkanes) is 1. The lowest BCUT2D eigenvalue weighted by atomic mass is 9.99. The number of hydrogen-bond donors (Lipinski definition) is 2. The number of amides is 2. The largest absolute Gasteiger partial charge is 0.508 e. The summed E-state index contributed by atoms with van der Waals surface area (Å²) in [7, 11) is 0. The van der Waals surface area contributed by atoms with Crippen molar-refractivity contribution in [2.45, 2.75) is 32.2 Å². The first-order valence-corrected chi connectivity index (χ1v) is 13.5. The molecule has 0 atom stereocenters. The molecule has 7 heteroatoms. The zero-order chi connectivity index (χ0) is 27.0. The number of aromatic hydroxyl groups is 1. The number of aryl methyl sites for hydroxylation is 1. The number of nitrogens with zero attached hydrogens (tertiary/aromatic N) is 3. The van der Waals surface area contributed by atoms with E-state index < -0.39 is 0 Å². The van der Waals surface area contributed by atoms with E-state index >= 15 is 0 Å². The minimum Gasteiger partial charge on any atom is -0.508 e. The van der Waals surface area contributed by atoms with E-state index in [-0.39, 0.29) is 24.2 Å². The molecule has 0 fully saturated rings. The van der Waals surface area contributed by atoms with E-state index in [1.807, 2.05) is 59.5 Å². The second kappa shape index (κ2) is 13.8. The van der Waals surface area contributed by atoms with Crippen LogP contribution in [-0.4, -0.2) is 34.9 Å². The number of carbonyl (C=O) groups excluding carboxylic acids is 1. The first-order valence-electron chi connectivity index (χ1n) is 13.5. The topological polar surface area (TPSA) is 82.2 Å². The van der Waals surface area contributed by atoms with Gasteiger partial charge in [-0.05, 0) is 72.7 Å². The highest BCUT2D eigenvalue weighted by Gasteiger charge is 2.29. The summed E-state index contributed by atoms with van der Waals surface area (Å²) in [6.45, 7) is 1.53. The first kappa shape index (κ1) is 28.9. The van der Waals surface area contributed by atoms with Gasteiger partial charge in [-0.2, -0.15) is 5.10 Å². The predicted octanol–water partition coefficient (Wildman–Crippen LogP) is 7.00. The molecule has 0 aliphatic carbocycles. The number of rotatable bonds is 10. The molecule has 0 spiro atoms. The van der Waals surface area contributed by atoms with Gasteiger partial charge < -0.3 is 10.8 Å². The van der Waals surface area contributed by atoms with Gasteiger partial charge >= 0.3 is 6.03 Å². The summed E-state index contributed by atoms with van der Waals surface area (Å²) in [6.07, 6.45) is 3.03. The van der Waals surface area contributed by atoms with Crippen LogP contribution < -0.4 is 10.6 Å². The fraction of sp³-hybridized carbons (Fsp3) is 0.212. The summed E-state index contributed by atoms with van der Waals surface area (Å²) in [5.74, 6) is 0.250. The van der Waals surface area contributed by atoms with Crippen LogP contribution in [0.4, 0.5) is 10.5 Å². The molecule has 4 aromatic rings. The van der Waals surface area contributed by atoms with Crippen molar-refractivity contribution < 1.29 is 9.90 Å². The Labute approximate surface area is 242 Å². The fourth-order valence-corrected chi connectivity index (χ4v) is 4.87. The van der Waals surface area contributed by atoms with Gasteiger partial charge in [-0.3, -0.25) is 4.90 Å². The van der Waals surface area contributed by atoms with Gasteiger partial charge in [0.1, 0.15) is 5.75 Å². The number of phenols is 1. The smallest absolute Gasteiger partial charge is 0.345 e. The number of urea groups is 1. The molecule has 0 unspecified atom stereocenters. The van der Waals surface area contributed by atoms with Crippen LogP contribution in [0.25, 0.3) is 11.1 Å². The molecule has 2 amide bonds. The van der Waals surface area contributed by atoms with Gasteiger partial charge in [-0.25, -0.2) is 9.80 Å². The van der Waals surface area contributed by atoms with E-state index in [2.05, 4.69) is 36.4 Å². The zero-order valence-electron chi connectivity index (χ0n) is 22.4. The van der Waals surface area contributed by atoms with Crippen molar-refractivity contribution in [3.63, 3.8) is 0 Å². The average Bonchev–Trinajstić information content (AvgIpc) is 3.08. The van der Waals surface area contributed by atoms with Crippen LogP contribution in [0, 0.1) is 0 Å².